The van der Waals surface area contributed by atoms with Gasteiger partial charge in [0.15, 0.2) is 0 Å². The van der Waals surface area contributed by atoms with E-state index in [9.17, 15) is 9.59 Å². The predicted molar refractivity (Wildman–Crippen MR) is 66.5 cm³/mol. The zero-order valence-electron chi connectivity index (χ0n) is 10.1. The molecule has 2 amide bonds. The van der Waals surface area contributed by atoms with Crippen LogP contribution >= 0.6 is 0 Å². The summed E-state index contributed by atoms with van der Waals surface area (Å²) in [5.41, 5.74) is 6.73. The first-order valence-corrected chi connectivity index (χ1v) is 5.36. The Morgan fingerprint density at radius 2 is 1.88 bits per heavy atom. The van der Waals surface area contributed by atoms with Crippen LogP contribution in [0.4, 0.5) is 5.69 Å². The molecule has 0 aromatic heterocycles. The quantitative estimate of drug-likeness (QED) is 0.745. The summed E-state index contributed by atoms with van der Waals surface area (Å²) in [5, 5.41) is 2.51. The molecular weight excluding hydrogens is 218 g/mol. The van der Waals surface area contributed by atoms with Crippen LogP contribution in [-0.2, 0) is 4.79 Å². The standard InChI is InChI=1S/C12H17N3O2/c1-14-11(16)7-8-15(2)12(17)9-3-5-10(13)6-4-9/h3-6H,7-8,13H2,1-2H3,(H,14,16). The lowest BCUT2D eigenvalue weighted by atomic mass is 10.2. The smallest absolute Gasteiger partial charge is 0.253 e. The van der Waals surface area contributed by atoms with Crippen molar-refractivity contribution in [2.75, 3.05) is 26.4 Å². The minimum Gasteiger partial charge on any atom is -0.399 e. The van der Waals surface area contributed by atoms with Crippen molar-refractivity contribution in [3.05, 3.63) is 29.8 Å². The molecule has 1 aromatic carbocycles. The predicted octanol–water partition coefficient (Wildman–Crippen LogP) is 0.477. The summed E-state index contributed by atoms with van der Waals surface area (Å²) in [4.78, 5) is 24.5. The van der Waals surface area contributed by atoms with Crippen LogP contribution in [0.3, 0.4) is 0 Å². The van der Waals surface area contributed by atoms with Crippen molar-refractivity contribution in [2.45, 2.75) is 6.42 Å². The van der Waals surface area contributed by atoms with Crippen molar-refractivity contribution in [3.8, 4) is 0 Å². The van der Waals surface area contributed by atoms with E-state index in [-0.39, 0.29) is 11.8 Å². The number of amides is 2. The second kappa shape index (κ2) is 5.89. The van der Waals surface area contributed by atoms with Crippen molar-refractivity contribution >= 4 is 17.5 Å². The highest BCUT2D eigenvalue weighted by molar-refractivity contribution is 5.94. The number of nitrogens with one attached hydrogen (secondary N) is 1. The Labute approximate surface area is 101 Å². The van der Waals surface area contributed by atoms with Crippen molar-refractivity contribution < 1.29 is 9.59 Å². The van der Waals surface area contributed by atoms with E-state index in [1.54, 1.807) is 38.4 Å². The van der Waals surface area contributed by atoms with Gasteiger partial charge in [0.25, 0.3) is 5.91 Å². The van der Waals surface area contributed by atoms with Gasteiger partial charge in [-0.1, -0.05) is 0 Å². The molecule has 0 bridgehead atoms. The van der Waals surface area contributed by atoms with Gasteiger partial charge in [0.2, 0.25) is 5.91 Å². The van der Waals surface area contributed by atoms with E-state index in [2.05, 4.69) is 5.32 Å². The molecule has 0 atom stereocenters. The van der Waals surface area contributed by atoms with Gasteiger partial charge in [-0.25, -0.2) is 0 Å². The molecule has 1 rings (SSSR count). The van der Waals surface area contributed by atoms with Crippen molar-refractivity contribution in [3.63, 3.8) is 0 Å². The zero-order valence-corrected chi connectivity index (χ0v) is 10.1. The van der Waals surface area contributed by atoms with Crippen molar-refractivity contribution in [1.82, 2.24) is 10.2 Å². The molecule has 0 saturated heterocycles. The third kappa shape index (κ3) is 3.79. The number of nitrogens with zero attached hydrogens (tertiary/aromatic N) is 1. The Balaban J connectivity index is 2.57. The first-order chi connectivity index (χ1) is 8.04. The van der Waals surface area contributed by atoms with Crippen LogP contribution in [0.1, 0.15) is 16.8 Å². The maximum Gasteiger partial charge on any atom is 0.253 e. The van der Waals surface area contributed by atoms with Gasteiger partial charge in [0.05, 0.1) is 0 Å². The summed E-state index contributed by atoms with van der Waals surface area (Å²) in [6.45, 7) is 0.392. The molecule has 0 aliphatic heterocycles. The first kappa shape index (κ1) is 13.0. The Morgan fingerprint density at radius 3 is 2.41 bits per heavy atom. The van der Waals surface area contributed by atoms with Crippen LogP contribution in [0.2, 0.25) is 0 Å². The summed E-state index contributed by atoms with van der Waals surface area (Å²) in [5.74, 6) is -0.198. The minimum absolute atomic E-state index is 0.0815. The fourth-order valence-corrected chi connectivity index (χ4v) is 1.34. The van der Waals surface area contributed by atoms with Gasteiger partial charge >= 0.3 is 0 Å². The van der Waals surface area contributed by atoms with E-state index >= 15 is 0 Å². The molecule has 3 N–H and O–H groups in total. The number of carbonyl (C=O) groups is 2. The Bertz CT molecular complexity index is 401. The third-order valence-corrected chi connectivity index (χ3v) is 2.46. The molecule has 0 spiro atoms. The third-order valence-electron chi connectivity index (χ3n) is 2.46. The molecule has 0 aliphatic carbocycles. The summed E-state index contributed by atoms with van der Waals surface area (Å²) in [6.07, 6.45) is 0.299. The molecule has 1 aromatic rings. The van der Waals surface area contributed by atoms with E-state index in [1.165, 1.54) is 4.90 Å². The van der Waals surface area contributed by atoms with Crippen molar-refractivity contribution in [1.29, 1.82) is 0 Å². The molecule has 0 radical (unpaired) electrons. The van der Waals surface area contributed by atoms with E-state index < -0.39 is 0 Å². The number of anilines is 1. The average Bonchev–Trinajstić information content (AvgIpc) is 2.35. The number of rotatable bonds is 4. The fraction of sp³-hybridized carbons (Fsp3) is 0.333. The van der Waals surface area contributed by atoms with Gasteiger partial charge in [-0.2, -0.15) is 0 Å². The lowest BCUT2D eigenvalue weighted by Crippen LogP contribution is -2.31. The summed E-state index contributed by atoms with van der Waals surface area (Å²) >= 11 is 0. The summed E-state index contributed by atoms with van der Waals surface area (Å²) in [6, 6.07) is 6.71. The number of carbonyl (C=O) groups excluding carboxylic acids is 2. The number of nitrogens with two attached hydrogens (primary N) is 1. The second-order valence-electron chi connectivity index (χ2n) is 3.77. The molecule has 0 unspecified atom stereocenters. The van der Waals surface area contributed by atoms with E-state index in [1.807, 2.05) is 0 Å². The molecule has 5 nitrogen and oxygen atoms in total. The van der Waals surface area contributed by atoms with Gasteiger partial charge < -0.3 is 16.0 Å². The van der Waals surface area contributed by atoms with E-state index in [0.29, 0.717) is 24.2 Å². The topological polar surface area (TPSA) is 75.4 Å². The van der Waals surface area contributed by atoms with E-state index in [4.69, 9.17) is 5.73 Å². The number of nitrogen functional groups attached to an aromatic ring is 1. The highest BCUT2D eigenvalue weighted by Crippen LogP contribution is 2.08. The van der Waals surface area contributed by atoms with E-state index in [0.717, 1.165) is 0 Å². The van der Waals surface area contributed by atoms with Crippen LogP contribution in [0.25, 0.3) is 0 Å². The number of hydrogen-bond donors (Lipinski definition) is 2. The molecule has 0 saturated carbocycles. The molecule has 0 fully saturated rings. The maximum atomic E-state index is 11.9. The number of benzene rings is 1. The normalized spacial score (nSPS) is 9.76. The Hall–Kier alpha value is -2.04. The Morgan fingerprint density at radius 1 is 1.29 bits per heavy atom. The molecule has 17 heavy (non-hydrogen) atoms. The van der Waals surface area contributed by atoms with Gasteiger partial charge in [-0.3, -0.25) is 9.59 Å². The molecule has 0 heterocycles. The summed E-state index contributed by atoms with van der Waals surface area (Å²) in [7, 11) is 3.24. The van der Waals surface area contributed by atoms with Crippen LogP contribution in [-0.4, -0.2) is 37.4 Å². The molecular formula is C12H17N3O2. The fourth-order valence-electron chi connectivity index (χ4n) is 1.34. The average molecular weight is 235 g/mol. The lowest BCUT2D eigenvalue weighted by Gasteiger charge is -2.16. The minimum atomic E-state index is -0.117. The van der Waals surface area contributed by atoms with Gasteiger partial charge in [-0.05, 0) is 24.3 Å². The lowest BCUT2D eigenvalue weighted by molar-refractivity contribution is -0.120. The van der Waals surface area contributed by atoms with Crippen LogP contribution in [0.15, 0.2) is 24.3 Å². The zero-order chi connectivity index (χ0) is 12.8. The largest absolute Gasteiger partial charge is 0.399 e. The maximum absolute atomic E-state index is 11.9. The second-order valence-corrected chi connectivity index (χ2v) is 3.77. The number of hydrogen-bond acceptors (Lipinski definition) is 3. The van der Waals surface area contributed by atoms with Crippen LogP contribution in [0, 0.1) is 0 Å². The van der Waals surface area contributed by atoms with Crippen LogP contribution < -0.4 is 11.1 Å². The Kier molecular flexibility index (Phi) is 4.51. The van der Waals surface area contributed by atoms with Gasteiger partial charge in [-0.15, -0.1) is 0 Å². The van der Waals surface area contributed by atoms with Gasteiger partial charge in [0.1, 0.15) is 0 Å². The first-order valence-electron chi connectivity index (χ1n) is 5.36. The monoisotopic (exact) mass is 235 g/mol. The van der Waals surface area contributed by atoms with Crippen LogP contribution in [0.5, 0.6) is 0 Å². The highest BCUT2D eigenvalue weighted by atomic mass is 16.2. The van der Waals surface area contributed by atoms with Crippen molar-refractivity contribution in [2.24, 2.45) is 0 Å². The molecule has 0 aliphatic rings. The molecule has 92 valence electrons. The summed E-state index contributed by atoms with van der Waals surface area (Å²) < 4.78 is 0. The highest BCUT2D eigenvalue weighted by Gasteiger charge is 2.12. The van der Waals surface area contributed by atoms with Gasteiger partial charge in [0, 0.05) is 38.3 Å². The SMILES string of the molecule is CNC(=O)CCN(C)C(=O)c1ccc(N)cc1. The molecule has 5 heteroatoms.